The number of primary amides is 1. The topological polar surface area (TPSA) is 93.3 Å². The lowest BCUT2D eigenvalue weighted by atomic mass is 10.1. The summed E-state index contributed by atoms with van der Waals surface area (Å²) < 4.78 is 6.99. The molecule has 30 heavy (non-hydrogen) atoms. The van der Waals surface area contributed by atoms with Gasteiger partial charge in [-0.2, -0.15) is 0 Å². The van der Waals surface area contributed by atoms with Crippen LogP contribution in [0.3, 0.4) is 0 Å². The van der Waals surface area contributed by atoms with Crippen molar-refractivity contribution >= 4 is 16.9 Å². The quantitative estimate of drug-likeness (QED) is 0.600. The van der Waals surface area contributed by atoms with E-state index in [0.717, 1.165) is 40.9 Å². The Morgan fingerprint density at radius 2 is 2.07 bits per heavy atom. The molecule has 157 valence electrons. The first-order valence-electron chi connectivity index (χ1n) is 10.4. The molecule has 1 aliphatic carbocycles. The molecule has 1 aromatic carbocycles. The summed E-state index contributed by atoms with van der Waals surface area (Å²) in [6.45, 7) is 8.30. The minimum absolute atomic E-state index is 0.268. The fourth-order valence-electron chi connectivity index (χ4n) is 3.83. The van der Waals surface area contributed by atoms with Crippen LogP contribution < -0.4 is 16.0 Å². The molecule has 0 unspecified atom stereocenters. The maximum absolute atomic E-state index is 12.5. The van der Waals surface area contributed by atoms with Crippen LogP contribution in [-0.2, 0) is 0 Å². The Morgan fingerprint density at radius 1 is 1.30 bits per heavy atom. The van der Waals surface area contributed by atoms with Crippen molar-refractivity contribution in [2.24, 2.45) is 11.1 Å². The molecule has 7 nitrogen and oxygen atoms in total. The largest absolute Gasteiger partial charge is 0.493 e. The summed E-state index contributed by atoms with van der Waals surface area (Å²) in [4.78, 5) is 29.6. The molecule has 0 spiro atoms. The van der Waals surface area contributed by atoms with Gasteiger partial charge in [-0.15, -0.1) is 0 Å². The molecule has 0 aliphatic heterocycles. The van der Waals surface area contributed by atoms with E-state index in [0.29, 0.717) is 17.9 Å². The Kier molecular flexibility index (Phi) is 5.39. The highest BCUT2D eigenvalue weighted by Gasteiger charge is 2.44. The number of ether oxygens (including phenoxy) is 1. The molecule has 1 fully saturated rings. The molecule has 3 N–H and O–H groups in total. The zero-order valence-electron chi connectivity index (χ0n) is 17.4. The monoisotopic (exact) mass is 407 g/mol. The number of aromatic nitrogens is 2. The minimum atomic E-state index is -0.830. The zero-order chi connectivity index (χ0) is 21.3. The summed E-state index contributed by atoms with van der Waals surface area (Å²) in [6, 6.07) is 11.2. The van der Waals surface area contributed by atoms with Gasteiger partial charge in [0.15, 0.2) is 0 Å². The molecular formula is C23H27N4O3. The highest BCUT2D eigenvalue weighted by molar-refractivity contribution is 5.87. The van der Waals surface area contributed by atoms with Crippen LogP contribution in [-0.4, -0.2) is 46.7 Å². The molecule has 3 aromatic rings. The van der Waals surface area contributed by atoms with E-state index >= 15 is 0 Å². The van der Waals surface area contributed by atoms with Crippen molar-refractivity contribution in [3.63, 3.8) is 0 Å². The standard InChI is InChI=1S/C23H27N4O3/c1-3-26(4-2)14-23(9-10-23)15-30-17-7-8-19-16(12-17)13-20(25-19)18-6-5-11-27(21(18)28)22(24)29/h6-8,11-13,25H,3-4,9-10,14-15H2,1-2H3,(H2,24,29). The summed E-state index contributed by atoms with van der Waals surface area (Å²) in [6.07, 6.45) is 3.65. The number of benzene rings is 1. The number of nitrogens with two attached hydrogens (primary N) is 1. The third kappa shape index (κ3) is 3.98. The first kappa shape index (κ1) is 20.2. The van der Waals surface area contributed by atoms with Gasteiger partial charge in [-0.05, 0) is 56.3 Å². The van der Waals surface area contributed by atoms with Gasteiger partial charge in [0.05, 0.1) is 17.9 Å². The van der Waals surface area contributed by atoms with Crippen LogP contribution in [0.25, 0.3) is 22.2 Å². The molecule has 0 saturated heterocycles. The Hall–Kier alpha value is -3.06. The first-order chi connectivity index (χ1) is 14.4. The molecule has 1 saturated carbocycles. The van der Waals surface area contributed by atoms with Crippen molar-refractivity contribution in [1.82, 2.24) is 14.5 Å². The number of amides is 1. The van der Waals surface area contributed by atoms with E-state index in [1.165, 1.54) is 19.0 Å². The van der Waals surface area contributed by atoms with Crippen LogP contribution in [0.5, 0.6) is 5.75 Å². The van der Waals surface area contributed by atoms with Crippen LogP contribution in [0.2, 0.25) is 0 Å². The predicted molar refractivity (Wildman–Crippen MR) is 117 cm³/mol. The van der Waals surface area contributed by atoms with Crippen molar-refractivity contribution < 1.29 is 9.53 Å². The van der Waals surface area contributed by atoms with E-state index in [4.69, 9.17) is 10.5 Å². The van der Waals surface area contributed by atoms with E-state index in [1.807, 2.05) is 24.3 Å². The van der Waals surface area contributed by atoms with Crippen molar-refractivity contribution in [3.05, 3.63) is 52.9 Å². The summed E-state index contributed by atoms with van der Waals surface area (Å²) in [7, 11) is 0. The van der Waals surface area contributed by atoms with Crippen molar-refractivity contribution in [1.29, 1.82) is 0 Å². The number of pyridine rings is 1. The number of nitrogens with zero attached hydrogens (tertiary/aromatic N) is 2. The first-order valence-corrected chi connectivity index (χ1v) is 10.4. The maximum Gasteiger partial charge on any atom is 0.325 e. The maximum atomic E-state index is 12.5. The number of carbonyl (C=O) groups is 1. The van der Waals surface area contributed by atoms with E-state index in [9.17, 15) is 9.59 Å². The summed E-state index contributed by atoms with van der Waals surface area (Å²) >= 11 is 0. The van der Waals surface area contributed by atoms with E-state index in [1.54, 1.807) is 6.07 Å². The number of hydrogen-bond donors (Lipinski definition) is 2. The van der Waals surface area contributed by atoms with Crippen LogP contribution >= 0.6 is 0 Å². The zero-order valence-corrected chi connectivity index (χ0v) is 17.4. The third-order valence-electron chi connectivity index (χ3n) is 5.96. The second-order valence-corrected chi connectivity index (χ2v) is 8.05. The Morgan fingerprint density at radius 3 is 2.73 bits per heavy atom. The fraction of sp³-hybridized carbons (Fsp3) is 0.391. The van der Waals surface area contributed by atoms with Crippen LogP contribution in [0, 0.1) is 11.5 Å². The predicted octanol–water partition coefficient (Wildman–Crippen LogP) is 3.22. The molecule has 2 heterocycles. The van der Waals surface area contributed by atoms with Gasteiger partial charge in [0.2, 0.25) is 0 Å². The van der Waals surface area contributed by atoms with E-state index in [2.05, 4.69) is 29.8 Å². The number of aromatic amines is 1. The van der Waals surface area contributed by atoms with Crippen LogP contribution in [0.1, 0.15) is 26.7 Å². The smallest absolute Gasteiger partial charge is 0.325 e. The average Bonchev–Trinajstić information content (AvgIpc) is 3.38. The molecule has 2 aromatic heterocycles. The third-order valence-corrected chi connectivity index (χ3v) is 5.96. The summed E-state index contributed by atoms with van der Waals surface area (Å²) in [5.74, 6) is 0.813. The SMILES string of the molecule is CCN(CC)CC1(COc2ccc3[nH]c(-c4c[c]cn(C(N)=O)c4=O)cc3c2)CC1. The second-order valence-electron chi connectivity index (χ2n) is 8.05. The Balaban J connectivity index is 1.53. The van der Waals surface area contributed by atoms with E-state index in [-0.39, 0.29) is 5.41 Å². The highest BCUT2D eigenvalue weighted by Crippen LogP contribution is 2.46. The fourth-order valence-corrected chi connectivity index (χ4v) is 3.83. The minimum Gasteiger partial charge on any atom is -0.493 e. The summed E-state index contributed by atoms with van der Waals surface area (Å²) in [5, 5.41) is 0.935. The number of hydrogen-bond acceptors (Lipinski definition) is 4. The molecule has 7 heteroatoms. The molecule has 4 rings (SSSR count). The lowest BCUT2D eigenvalue weighted by Crippen LogP contribution is -2.33. The molecule has 0 atom stereocenters. The van der Waals surface area contributed by atoms with Crippen LogP contribution in [0.4, 0.5) is 4.79 Å². The van der Waals surface area contributed by atoms with Gasteiger partial charge in [0.25, 0.3) is 5.56 Å². The number of H-pyrrole nitrogens is 1. The number of fused-ring (bicyclic) bond motifs is 1. The van der Waals surface area contributed by atoms with Crippen molar-refractivity contribution in [2.45, 2.75) is 26.7 Å². The molecule has 0 bridgehead atoms. The summed E-state index contributed by atoms with van der Waals surface area (Å²) in [5.41, 5.74) is 6.88. The lowest BCUT2D eigenvalue weighted by Gasteiger charge is -2.25. The van der Waals surface area contributed by atoms with Gasteiger partial charge in [-0.1, -0.05) is 13.8 Å². The van der Waals surface area contributed by atoms with Gasteiger partial charge in [0, 0.05) is 35.1 Å². The average molecular weight is 407 g/mol. The van der Waals surface area contributed by atoms with Gasteiger partial charge in [-0.25, -0.2) is 9.36 Å². The molecule has 1 amide bonds. The lowest BCUT2D eigenvalue weighted by molar-refractivity contribution is 0.169. The van der Waals surface area contributed by atoms with Gasteiger partial charge in [-0.3, -0.25) is 4.79 Å². The normalized spacial score (nSPS) is 14.9. The number of nitrogens with one attached hydrogen (secondary N) is 1. The van der Waals surface area contributed by atoms with Crippen molar-refractivity contribution in [3.8, 4) is 17.0 Å². The Labute approximate surface area is 175 Å². The highest BCUT2D eigenvalue weighted by atomic mass is 16.5. The molecular weight excluding hydrogens is 380 g/mol. The van der Waals surface area contributed by atoms with Gasteiger partial charge in [0.1, 0.15) is 5.75 Å². The van der Waals surface area contributed by atoms with Gasteiger partial charge < -0.3 is 20.4 Å². The van der Waals surface area contributed by atoms with E-state index < -0.39 is 11.6 Å². The molecule has 1 radical (unpaired) electrons. The number of carbonyl (C=O) groups excluding carboxylic acids is 1. The van der Waals surface area contributed by atoms with Gasteiger partial charge >= 0.3 is 6.03 Å². The second kappa shape index (κ2) is 7.99. The molecule has 1 aliphatic rings. The van der Waals surface area contributed by atoms with Crippen molar-refractivity contribution in [2.75, 3.05) is 26.2 Å². The number of rotatable bonds is 8. The Bertz CT molecular complexity index is 1120. The van der Waals surface area contributed by atoms with Crippen LogP contribution in [0.15, 0.2) is 41.3 Å².